The van der Waals surface area contributed by atoms with Crippen LogP contribution in [0.15, 0.2) is 48.5 Å². The summed E-state index contributed by atoms with van der Waals surface area (Å²) >= 11 is 6.06. The summed E-state index contributed by atoms with van der Waals surface area (Å²) in [4.78, 5) is 28.3. The van der Waals surface area contributed by atoms with Crippen molar-refractivity contribution in [2.24, 2.45) is 0 Å². The number of carboxylic acids is 1. The number of hydrogen-bond acceptors (Lipinski definition) is 7. The molecule has 9 nitrogen and oxygen atoms in total. The molecule has 2 fully saturated rings. The van der Waals surface area contributed by atoms with E-state index in [-0.39, 0.29) is 17.5 Å². The molecular formula is C31H32ClFN6O3. The van der Waals surface area contributed by atoms with Crippen LogP contribution in [0.4, 0.5) is 16.0 Å². The third-order valence-electron chi connectivity index (χ3n) is 8.61. The second-order valence-corrected chi connectivity index (χ2v) is 11.7. The van der Waals surface area contributed by atoms with Crippen LogP contribution in [0.25, 0.3) is 11.0 Å². The van der Waals surface area contributed by atoms with Gasteiger partial charge in [0.15, 0.2) is 0 Å². The molecule has 1 atom stereocenters. The maximum absolute atomic E-state index is 14.6. The Labute approximate surface area is 248 Å². The van der Waals surface area contributed by atoms with Crippen LogP contribution >= 0.6 is 11.6 Å². The van der Waals surface area contributed by atoms with Gasteiger partial charge in [0.05, 0.1) is 35.8 Å². The van der Waals surface area contributed by atoms with Gasteiger partial charge in [-0.25, -0.2) is 19.2 Å². The molecule has 0 bridgehead atoms. The van der Waals surface area contributed by atoms with Crippen molar-refractivity contribution in [2.75, 3.05) is 49.1 Å². The molecule has 0 spiro atoms. The predicted octanol–water partition coefficient (Wildman–Crippen LogP) is 4.60. The SMILES string of the molecule is O=C(O)c1ccc2nc(CN3CCN(c4cccc(N5CCc6cc(Cl)cc(F)c6C5)n4)CC3)n(CC3CCO3)c2c1. The Morgan fingerprint density at radius 2 is 1.81 bits per heavy atom. The average molecular weight is 591 g/mol. The molecule has 0 amide bonds. The summed E-state index contributed by atoms with van der Waals surface area (Å²) in [7, 11) is 0. The quantitative estimate of drug-likeness (QED) is 0.334. The maximum atomic E-state index is 14.6. The number of rotatable bonds is 7. The number of imidazole rings is 1. The van der Waals surface area contributed by atoms with Crippen molar-refractivity contribution in [3.63, 3.8) is 0 Å². The van der Waals surface area contributed by atoms with Gasteiger partial charge in [-0.3, -0.25) is 4.90 Å². The number of benzene rings is 2. The van der Waals surface area contributed by atoms with Crippen molar-refractivity contribution in [1.82, 2.24) is 19.4 Å². The minimum absolute atomic E-state index is 0.132. The number of pyridine rings is 1. The van der Waals surface area contributed by atoms with E-state index in [1.54, 1.807) is 18.2 Å². The van der Waals surface area contributed by atoms with Crippen molar-refractivity contribution >= 4 is 40.2 Å². The van der Waals surface area contributed by atoms with Crippen molar-refractivity contribution in [2.45, 2.75) is 38.6 Å². The Morgan fingerprint density at radius 1 is 1.02 bits per heavy atom. The number of aromatic carboxylic acids is 1. The summed E-state index contributed by atoms with van der Waals surface area (Å²) in [6.07, 6.45) is 1.86. The Hall–Kier alpha value is -3.73. The van der Waals surface area contributed by atoms with Crippen LogP contribution in [-0.4, -0.2) is 75.9 Å². The van der Waals surface area contributed by atoms with Gasteiger partial charge in [0, 0.05) is 56.5 Å². The Kier molecular flexibility index (Phi) is 7.21. The van der Waals surface area contributed by atoms with E-state index >= 15 is 0 Å². The first-order valence-corrected chi connectivity index (χ1v) is 14.8. The van der Waals surface area contributed by atoms with Gasteiger partial charge in [0.25, 0.3) is 0 Å². The maximum Gasteiger partial charge on any atom is 0.335 e. The number of fused-ring (bicyclic) bond motifs is 2. The van der Waals surface area contributed by atoms with E-state index in [4.69, 9.17) is 26.3 Å². The molecule has 0 saturated carbocycles. The van der Waals surface area contributed by atoms with E-state index in [1.807, 2.05) is 24.3 Å². The Bertz CT molecular complexity index is 1650. The highest BCUT2D eigenvalue weighted by atomic mass is 35.5. The summed E-state index contributed by atoms with van der Waals surface area (Å²) in [5.74, 6) is 1.50. The number of ether oxygens (including phenoxy) is 1. The lowest BCUT2D eigenvalue weighted by Gasteiger charge is -2.36. The first-order valence-electron chi connectivity index (χ1n) is 14.4. The van der Waals surface area contributed by atoms with Gasteiger partial charge in [-0.05, 0) is 60.9 Å². The van der Waals surface area contributed by atoms with Gasteiger partial charge >= 0.3 is 5.97 Å². The van der Waals surface area contributed by atoms with Crippen LogP contribution in [0.5, 0.6) is 0 Å². The smallest absolute Gasteiger partial charge is 0.335 e. The highest BCUT2D eigenvalue weighted by Gasteiger charge is 2.26. The molecule has 3 aliphatic heterocycles. The molecule has 3 aliphatic rings. The lowest BCUT2D eigenvalue weighted by atomic mass is 9.99. The van der Waals surface area contributed by atoms with Gasteiger partial charge in [-0.1, -0.05) is 17.7 Å². The highest BCUT2D eigenvalue weighted by molar-refractivity contribution is 6.30. The molecule has 42 heavy (non-hydrogen) atoms. The lowest BCUT2D eigenvalue weighted by molar-refractivity contribution is -0.0592. The van der Waals surface area contributed by atoms with Gasteiger partial charge < -0.3 is 24.2 Å². The van der Waals surface area contributed by atoms with E-state index in [0.29, 0.717) is 30.2 Å². The minimum Gasteiger partial charge on any atom is -0.478 e. The molecule has 2 saturated heterocycles. The summed E-state index contributed by atoms with van der Waals surface area (Å²) in [6.45, 7) is 6.68. The zero-order valence-electron chi connectivity index (χ0n) is 23.2. The number of nitrogens with zero attached hydrogens (tertiary/aromatic N) is 6. The van der Waals surface area contributed by atoms with Crippen LogP contribution < -0.4 is 9.80 Å². The van der Waals surface area contributed by atoms with Crippen molar-refractivity contribution in [3.05, 3.63) is 81.9 Å². The fraction of sp³-hybridized carbons (Fsp3) is 0.387. The predicted molar refractivity (Wildman–Crippen MR) is 159 cm³/mol. The first kappa shape index (κ1) is 27.1. The largest absolute Gasteiger partial charge is 0.478 e. The Balaban J connectivity index is 1.04. The van der Waals surface area contributed by atoms with Crippen molar-refractivity contribution in [3.8, 4) is 0 Å². The van der Waals surface area contributed by atoms with Gasteiger partial charge in [0.1, 0.15) is 23.3 Å². The van der Waals surface area contributed by atoms with Crippen LogP contribution in [0.3, 0.4) is 0 Å². The number of halogens is 2. The monoisotopic (exact) mass is 590 g/mol. The van der Waals surface area contributed by atoms with Crippen LogP contribution in [0, 0.1) is 5.82 Å². The van der Waals surface area contributed by atoms with E-state index in [9.17, 15) is 14.3 Å². The summed E-state index contributed by atoms with van der Waals surface area (Å²) < 4.78 is 22.5. The molecule has 0 radical (unpaired) electrons. The third kappa shape index (κ3) is 5.30. The van der Waals surface area contributed by atoms with Crippen LogP contribution in [0.1, 0.15) is 33.7 Å². The second kappa shape index (κ2) is 11.2. The minimum atomic E-state index is -0.943. The fourth-order valence-electron chi connectivity index (χ4n) is 6.14. The highest BCUT2D eigenvalue weighted by Crippen LogP contribution is 2.29. The van der Waals surface area contributed by atoms with Crippen molar-refractivity contribution < 1.29 is 19.0 Å². The topological polar surface area (TPSA) is 87.0 Å². The van der Waals surface area contributed by atoms with E-state index in [1.165, 1.54) is 6.07 Å². The number of carboxylic acid groups (broad SMARTS) is 1. The number of piperazine rings is 1. The van der Waals surface area contributed by atoms with Crippen molar-refractivity contribution in [1.29, 1.82) is 0 Å². The van der Waals surface area contributed by atoms with E-state index < -0.39 is 5.97 Å². The molecule has 11 heteroatoms. The normalized spacial score (nSPS) is 19.1. The lowest BCUT2D eigenvalue weighted by Crippen LogP contribution is -2.46. The summed E-state index contributed by atoms with van der Waals surface area (Å²) in [5.41, 5.74) is 3.57. The molecule has 5 heterocycles. The molecule has 218 valence electrons. The number of carbonyl (C=O) groups is 1. The third-order valence-corrected chi connectivity index (χ3v) is 8.83. The van der Waals surface area contributed by atoms with E-state index in [2.05, 4.69) is 19.3 Å². The zero-order valence-corrected chi connectivity index (χ0v) is 23.9. The standard InChI is InChI=1S/C31H32ClFN6O3/c32-22-14-20-6-8-38(18-24(20)25(33)16-22)29-3-1-2-28(35-29)37-11-9-36(10-12-37)19-30-34-26-5-4-21(31(40)41)15-27(26)39(30)17-23-7-13-42-23/h1-5,14-16,23H,6-13,17-19H2,(H,40,41). The first-order chi connectivity index (χ1) is 20.4. The van der Waals surface area contributed by atoms with Gasteiger partial charge in [0.2, 0.25) is 0 Å². The number of anilines is 2. The molecule has 1 N–H and O–H groups in total. The van der Waals surface area contributed by atoms with Crippen LogP contribution in [-0.2, 0) is 30.8 Å². The van der Waals surface area contributed by atoms with Gasteiger partial charge in [-0.15, -0.1) is 0 Å². The second-order valence-electron chi connectivity index (χ2n) is 11.2. The summed E-state index contributed by atoms with van der Waals surface area (Å²) in [5, 5.41) is 9.96. The molecule has 2 aromatic heterocycles. The number of aromatic nitrogens is 3. The fourth-order valence-corrected chi connectivity index (χ4v) is 6.37. The molecule has 4 aromatic rings. The zero-order chi connectivity index (χ0) is 28.8. The molecular weight excluding hydrogens is 559 g/mol. The van der Waals surface area contributed by atoms with E-state index in [0.717, 1.165) is 86.2 Å². The summed E-state index contributed by atoms with van der Waals surface area (Å²) in [6, 6.07) is 14.4. The average Bonchev–Trinajstić information content (AvgIpc) is 3.31. The van der Waals surface area contributed by atoms with Crippen LogP contribution in [0.2, 0.25) is 5.02 Å². The molecule has 2 aromatic carbocycles. The Morgan fingerprint density at radius 3 is 2.55 bits per heavy atom. The van der Waals surface area contributed by atoms with Gasteiger partial charge in [-0.2, -0.15) is 0 Å². The molecule has 7 rings (SSSR count). The number of hydrogen-bond donors (Lipinski definition) is 1. The molecule has 0 aliphatic carbocycles. The molecule has 1 unspecified atom stereocenters.